The molecule has 0 aliphatic rings. The monoisotopic (exact) mass is 282 g/mol. The topological polar surface area (TPSA) is 108 Å². The van der Waals surface area contributed by atoms with Crippen molar-refractivity contribution >= 4 is 17.6 Å². The number of methoxy groups -OCH3 is 2. The molecule has 1 aromatic carbocycles. The van der Waals surface area contributed by atoms with Crippen LogP contribution in [0.1, 0.15) is 17.3 Å². The zero-order valence-electron chi connectivity index (χ0n) is 11.2. The highest BCUT2D eigenvalue weighted by Crippen LogP contribution is 2.15. The zero-order chi connectivity index (χ0) is 15.3. The number of hydrogen-bond donors (Lipinski definition) is 1. The lowest BCUT2D eigenvalue weighted by atomic mass is 10.1. The van der Waals surface area contributed by atoms with Crippen molar-refractivity contribution in [3.8, 4) is 0 Å². The molecule has 0 aliphatic carbocycles. The van der Waals surface area contributed by atoms with Crippen molar-refractivity contribution in [2.75, 3.05) is 14.2 Å². The third-order valence-corrected chi connectivity index (χ3v) is 2.65. The highest BCUT2D eigenvalue weighted by atomic mass is 16.6. The van der Waals surface area contributed by atoms with Crippen LogP contribution in [0.5, 0.6) is 0 Å². The Hall–Kier alpha value is -2.48. The van der Waals surface area contributed by atoms with E-state index in [1.54, 1.807) is 0 Å². The summed E-state index contributed by atoms with van der Waals surface area (Å²) < 4.78 is 9.44. The Bertz CT molecular complexity index is 545. The Morgan fingerprint density at radius 1 is 1.35 bits per heavy atom. The molecule has 1 aromatic rings. The predicted octanol–water partition coefficient (Wildman–Crippen LogP) is 0.860. The normalized spacial score (nSPS) is 13.2. The van der Waals surface area contributed by atoms with Gasteiger partial charge in [0.1, 0.15) is 0 Å². The number of nitro benzene ring substituents is 1. The zero-order valence-corrected chi connectivity index (χ0v) is 11.2. The first-order chi connectivity index (χ1) is 9.34. The average Bonchev–Trinajstić information content (AvgIpc) is 2.46. The maximum atomic E-state index is 12.0. The Morgan fingerprint density at radius 2 is 2.00 bits per heavy atom. The van der Waals surface area contributed by atoms with Crippen LogP contribution in [-0.4, -0.2) is 36.7 Å². The summed E-state index contributed by atoms with van der Waals surface area (Å²) in [5.41, 5.74) is -1.86. The van der Waals surface area contributed by atoms with Gasteiger partial charge in [0, 0.05) is 24.8 Å². The van der Waals surface area contributed by atoms with E-state index in [4.69, 9.17) is 4.74 Å². The highest BCUT2D eigenvalue weighted by Gasteiger charge is 2.36. The van der Waals surface area contributed by atoms with Gasteiger partial charge in [0.2, 0.25) is 5.72 Å². The van der Waals surface area contributed by atoms with E-state index in [1.807, 2.05) is 0 Å². The molecule has 0 fully saturated rings. The summed E-state index contributed by atoms with van der Waals surface area (Å²) in [6.45, 7) is 1.31. The van der Waals surface area contributed by atoms with Gasteiger partial charge < -0.3 is 14.8 Å². The first-order valence-corrected chi connectivity index (χ1v) is 5.54. The second-order valence-corrected chi connectivity index (χ2v) is 3.99. The van der Waals surface area contributed by atoms with Gasteiger partial charge in [-0.1, -0.05) is 6.07 Å². The van der Waals surface area contributed by atoms with E-state index < -0.39 is 22.5 Å². The molecule has 0 aliphatic heterocycles. The van der Waals surface area contributed by atoms with Crippen LogP contribution in [0.4, 0.5) is 5.69 Å². The summed E-state index contributed by atoms with van der Waals surface area (Å²) in [6.07, 6.45) is 0. The van der Waals surface area contributed by atoms with E-state index in [9.17, 15) is 19.7 Å². The van der Waals surface area contributed by atoms with E-state index >= 15 is 0 Å². The number of non-ortho nitro benzene ring substituents is 1. The highest BCUT2D eigenvalue weighted by molar-refractivity contribution is 5.98. The molecule has 0 unspecified atom stereocenters. The van der Waals surface area contributed by atoms with E-state index in [-0.39, 0.29) is 11.3 Å². The number of hydrogen-bond acceptors (Lipinski definition) is 6. The maximum absolute atomic E-state index is 12.0. The molecule has 0 saturated carbocycles. The quantitative estimate of drug-likeness (QED) is 0.371. The summed E-state index contributed by atoms with van der Waals surface area (Å²) in [5.74, 6) is -1.48. The van der Waals surface area contributed by atoms with E-state index in [1.165, 1.54) is 32.2 Å². The van der Waals surface area contributed by atoms with E-state index in [0.717, 1.165) is 13.2 Å². The predicted molar refractivity (Wildman–Crippen MR) is 68.0 cm³/mol. The minimum absolute atomic E-state index is 0.0337. The van der Waals surface area contributed by atoms with Gasteiger partial charge in [-0.25, -0.2) is 4.79 Å². The van der Waals surface area contributed by atoms with Gasteiger partial charge in [0.25, 0.3) is 11.6 Å². The second-order valence-electron chi connectivity index (χ2n) is 3.99. The third kappa shape index (κ3) is 3.29. The molecule has 20 heavy (non-hydrogen) atoms. The molecular weight excluding hydrogens is 268 g/mol. The molecule has 0 radical (unpaired) electrons. The van der Waals surface area contributed by atoms with Gasteiger partial charge in [0.05, 0.1) is 12.0 Å². The number of nitrogens with one attached hydrogen (secondary N) is 1. The third-order valence-electron chi connectivity index (χ3n) is 2.65. The first-order valence-electron chi connectivity index (χ1n) is 5.54. The number of ether oxygens (including phenoxy) is 2. The number of nitrogens with zero attached hydrogens (tertiary/aromatic N) is 1. The van der Waals surface area contributed by atoms with Crippen molar-refractivity contribution in [3.05, 3.63) is 39.9 Å². The molecule has 1 atom stereocenters. The second kappa shape index (κ2) is 6.11. The van der Waals surface area contributed by atoms with E-state index in [0.29, 0.717) is 0 Å². The number of nitro groups is 1. The first kappa shape index (κ1) is 15.6. The summed E-state index contributed by atoms with van der Waals surface area (Å²) in [4.78, 5) is 33.6. The van der Waals surface area contributed by atoms with Crippen LogP contribution in [0.2, 0.25) is 0 Å². The fourth-order valence-corrected chi connectivity index (χ4v) is 1.43. The maximum Gasteiger partial charge on any atom is 0.359 e. The minimum Gasteiger partial charge on any atom is -0.465 e. The number of amides is 1. The standard InChI is InChI=1S/C12H14N2O6/c1-12(20-3,11(16)19-2)13-10(15)8-5-4-6-9(7-8)14(17)18/h4-7H,1-3H3,(H,13,15)/t12-/m1/s1. The van der Waals surface area contributed by atoms with Crippen LogP contribution in [-0.2, 0) is 14.3 Å². The minimum atomic E-state index is -1.67. The number of esters is 1. The van der Waals surface area contributed by atoms with Gasteiger partial charge in [-0.2, -0.15) is 0 Å². The molecule has 8 nitrogen and oxygen atoms in total. The van der Waals surface area contributed by atoms with Crippen molar-refractivity contribution < 1.29 is 24.0 Å². The lowest BCUT2D eigenvalue weighted by molar-refractivity contribution is -0.384. The fraction of sp³-hybridized carbons (Fsp3) is 0.333. The van der Waals surface area contributed by atoms with Crippen LogP contribution in [0, 0.1) is 10.1 Å². The molecule has 0 heterocycles. The molecule has 1 N–H and O–H groups in total. The molecule has 0 spiro atoms. The van der Waals surface area contributed by atoms with Crippen molar-refractivity contribution in [2.24, 2.45) is 0 Å². The molecule has 0 saturated heterocycles. The smallest absolute Gasteiger partial charge is 0.359 e. The number of carbonyl (C=O) groups excluding carboxylic acids is 2. The number of carbonyl (C=O) groups is 2. The molecule has 0 bridgehead atoms. The van der Waals surface area contributed by atoms with Crippen LogP contribution >= 0.6 is 0 Å². The molecule has 1 rings (SSSR count). The molecular formula is C12H14N2O6. The summed E-state index contributed by atoms with van der Waals surface area (Å²) >= 11 is 0. The van der Waals surface area contributed by atoms with E-state index in [2.05, 4.69) is 10.1 Å². The lowest BCUT2D eigenvalue weighted by Crippen LogP contribution is -2.54. The SMILES string of the molecule is COC(=O)[C@](C)(NC(=O)c1cccc([N+](=O)[O-])c1)OC. The Labute approximate surface area is 114 Å². The van der Waals surface area contributed by atoms with Crippen LogP contribution in [0.25, 0.3) is 0 Å². The summed E-state index contributed by atoms with van der Waals surface area (Å²) in [6, 6.07) is 5.11. The number of benzene rings is 1. The Morgan fingerprint density at radius 3 is 2.50 bits per heavy atom. The van der Waals surface area contributed by atoms with Crippen molar-refractivity contribution in [2.45, 2.75) is 12.6 Å². The largest absolute Gasteiger partial charge is 0.465 e. The molecule has 108 valence electrons. The average molecular weight is 282 g/mol. The van der Waals surface area contributed by atoms with Gasteiger partial charge >= 0.3 is 5.97 Å². The number of rotatable bonds is 5. The van der Waals surface area contributed by atoms with Crippen LogP contribution < -0.4 is 5.32 Å². The van der Waals surface area contributed by atoms with Crippen molar-refractivity contribution in [1.82, 2.24) is 5.32 Å². The van der Waals surface area contributed by atoms with Crippen LogP contribution in [0.3, 0.4) is 0 Å². The Kier molecular flexibility index (Phi) is 4.76. The summed E-state index contributed by atoms with van der Waals surface area (Å²) in [7, 11) is 2.38. The van der Waals surface area contributed by atoms with Gasteiger partial charge in [-0.05, 0) is 13.0 Å². The van der Waals surface area contributed by atoms with Crippen molar-refractivity contribution in [1.29, 1.82) is 0 Å². The Balaban J connectivity index is 2.98. The summed E-state index contributed by atoms with van der Waals surface area (Å²) in [5, 5.41) is 13.0. The molecule has 0 aromatic heterocycles. The molecule has 8 heteroatoms. The fourth-order valence-electron chi connectivity index (χ4n) is 1.43. The van der Waals surface area contributed by atoms with Gasteiger partial charge in [-0.3, -0.25) is 14.9 Å². The van der Waals surface area contributed by atoms with Crippen LogP contribution in [0.15, 0.2) is 24.3 Å². The molecule has 1 amide bonds. The van der Waals surface area contributed by atoms with Crippen molar-refractivity contribution in [3.63, 3.8) is 0 Å². The van der Waals surface area contributed by atoms with Gasteiger partial charge in [-0.15, -0.1) is 0 Å². The van der Waals surface area contributed by atoms with Gasteiger partial charge in [0.15, 0.2) is 0 Å². The lowest BCUT2D eigenvalue weighted by Gasteiger charge is -2.25.